The maximum absolute atomic E-state index is 5.72. The molecule has 0 aromatic rings. The fourth-order valence-electron chi connectivity index (χ4n) is 3.08. The molecule has 2 aliphatic rings. The summed E-state index contributed by atoms with van der Waals surface area (Å²) >= 11 is 0. The molecule has 2 rings (SSSR count). The third-order valence-corrected chi connectivity index (χ3v) is 4.38. The molecule has 0 spiro atoms. The van der Waals surface area contributed by atoms with Gasteiger partial charge in [-0.05, 0) is 32.6 Å². The Balaban J connectivity index is 0.00000264. The first-order valence-electron chi connectivity index (χ1n) is 9.09. The van der Waals surface area contributed by atoms with Crippen molar-refractivity contribution in [2.45, 2.75) is 57.9 Å². The van der Waals surface area contributed by atoms with Gasteiger partial charge in [0, 0.05) is 38.3 Å². The average molecular weight is 439 g/mol. The Kier molecular flexibility index (Phi) is 12.1. The Bertz CT molecular complexity index is 317. The van der Waals surface area contributed by atoms with Crippen LogP contribution in [0, 0.1) is 5.92 Å². The van der Waals surface area contributed by atoms with E-state index in [0.29, 0.717) is 12.0 Å². The maximum Gasteiger partial charge on any atom is 0.191 e. The van der Waals surface area contributed by atoms with Gasteiger partial charge in [-0.25, -0.2) is 0 Å². The molecule has 1 aliphatic heterocycles. The van der Waals surface area contributed by atoms with Gasteiger partial charge in [-0.1, -0.05) is 19.3 Å². The minimum absolute atomic E-state index is 0. The molecule has 136 valence electrons. The summed E-state index contributed by atoms with van der Waals surface area (Å²) < 4.78 is 11.1. The fourth-order valence-corrected chi connectivity index (χ4v) is 3.08. The molecule has 1 heterocycles. The molecular weight excluding hydrogens is 405 g/mol. The minimum Gasteiger partial charge on any atom is -0.381 e. The highest BCUT2D eigenvalue weighted by atomic mass is 127. The molecule has 0 bridgehead atoms. The summed E-state index contributed by atoms with van der Waals surface area (Å²) in [6, 6.07) is 0.602. The van der Waals surface area contributed by atoms with Crippen LogP contribution in [0.2, 0.25) is 0 Å². The number of rotatable bonds is 8. The summed E-state index contributed by atoms with van der Waals surface area (Å²) in [4.78, 5) is 4.67. The van der Waals surface area contributed by atoms with E-state index in [1.807, 2.05) is 0 Å². The summed E-state index contributed by atoms with van der Waals surface area (Å²) in [6.07, 6.45) is 8.75. The van der Waals surface area contributed by atoms with Crippen molar-refractivity contribution in [2.75, 3.05) is 39.5 Å². The van der Waals surface area contributed by atoms with E-state index >= 15 is 0 Å². The number of ether oxygens (including phenoxy) is 2. The summed E-state index contributed by atoms with van der Waals surface area (Å²) in [7, 11) is 0. The van der Waals surface area contributed by atoms with Crippen LogP contribution < -0.4 is 10.6 Å². The van der Waals surface area contributed by atoms with Crippen molar-refractivity contribution in [1.82, 2.24) is 10.6 Å². The molecule has 23 heavy (non-hydrogen) atoms. The first-order chi connectivity index (χ1) is 10.9. The Morgan fingerprint density at radius 1 is 1.22 bits per heavy atom. The van der Waals surface area contributed by atoms with Crippen LogP contribution in [0.25, 0.3) is 0 Å². The molecule has 1 saturated carbocycles. The molecule has 0 amide bonds. The Morgan fingerprint density at radius 3 is 2.74 bits per heavy atom. The zero-order valence-corrected chi connectivity index (χ0v) is 16.8. The summed E-state index contributed by atoms with van der Waals surface area (Å²) in [5.74, 6) is 1.58. The smallest absolute Gasteiger partial charge is 0.191 e. The van der Waals surface area contributed by atoms with Crippen molar-refractivity contribution in [3.63, 3.8) is 0 Å². The van der Waals surface area contributed by atoms with E-state index in [-0.39, 0.29) is 24.0 Å². The van der Waals surface area contributed by atoms with Gasteiger partial charge in [0.2, 0.25) is 0 Å². The summed E-state index contributed by atoms with van der Waals surface area (Å²) in [6.45, 7) is 7.25. The topological polar surface area (TPSA) is 54.9 Å². The number of hydrogen-bond acceptors (Lipinski definition) is 3. The van der Waals surface area contributed by atoms with Crippen LogP contribution in [0.4, 0.5) is 0 Å². The second-order valence-electron chi connectivity index (χ2n) is 6.40. The molecule has 1 atom stereocenters. The van der Waals surface area contributed by atoms with E-state index in [9.17, 15) is 0 Å². The second kappa shape index (κ2) is 13.2. The Hall–Kier alpha value is -0.0800. The van der Waals surface area contributed by atoms with Crippen LogP contribution in [-0.4, -0.2) is 51.5 Å². The number of hydrogen-bond donors (Lipinski definition) is 2. The molecule has 5 nitrogen and oxygen atoms in total. The highest BCUT2D eigenvalue weighted by molar-refractivity contribution is 14.0. The van der Waals surface area contributed by atoms with Gasteiger partial charge < -0.3 is 20.1 Å². The standard InChI is InChI=1S/C17H33N3O2.HI/c1-2-18-17(20-16-7-4-3-5-8-16)19-10-6-11-21-13-15-9-12-22-14-15;/h15-16H,2-14H2,1H3,(H2,18,19,20);1H. The predicted molar refractivity (Wildman–Crippen MR) is 106 cm³/mol. The lowest BCUT2D eigenvalue weighted by atomic mass is 9.96. The lowest BCUT2D eigenvalue weighted by molar-refractivity contribution is 0.0893. The van der Waals surface area contributed by atoms with E-state index in [4.69, 9.17) is 9.47 Å². The number of nitrogens with zero attached hydrogens (tertiary/aromatic N) is 1. The van der Waals surface area contributed by atoms with Crippen molar-refractivity contribution >= 4 is 29.9 Å². The van der Waals surface area contributed by atoms with Crippen molar-refractivity contribution in [3.8, 4) is 0 Å². The number of nitrogens with one attached hydrogen (secondary N) is 2. The predicted octanol–water partition coefficient (Wildman–Crippen LogP) is 2.94. The fraction of sp³-hybridized carbons (Fsp3) is 0.941. The van der Waals surface area contributed by atoms with Gasteiger partial charge in [0.25, 0.3) is 0 Å². The minimum atomic E-state index is 0. The van der Waals surface area contributed by atoms with Crippen LogP contribution in [0.3, 0.4) is 0 Å². The molecule has 0 radical (unpaired) electrons. The van der Waals surface area contributed by atoms with E-state index in [1.165, 1.54) is 32.1 Å². The monoisotopic (exact) mass is 439 g/mol. The van der Waals surface area contributed by atoms with Gasteiger partial charge in [-0.3, -0.25) is 4.99 Å². The molecule has 2 fully saturated rings. The first kappa shape index (κ1) is 21.0. The molecule has 1 unspecified atom stereocenters. The van der Waals surface area contributed by atoms with Gasteiger partial charge in [0.15, 0.2) is 5.96 Å². The van der Waals surface area contributed by atoms with Gasteiger partial charge in [-0.15, -0.1) is 24.0 Å². The lowest BCUT2D eigenvalue weighted by Crippen LogP contribution is -2.44. The Labute approximate surface area is 158 Å². The van der Waals surface area contributed by atoms with E-state index < -0.39 is 0 Å². The Morgan fingerprint density at radius 2 is 2.04 bits per heavy atom. The quantitative estimate of drug-likeness (QED) is 0.264. The highest BCUT2D eigenvalue weighted by Gasteiger charge is 2.15. The number of halogens is 1. The molecule has 2 N–H and O–H groups in total. The molecule has 1 saturated heterocycles. The summed E-state index contributed by atoms with van der Waals surface area (Å²) in [5.41, 5.74) is 0. The van der Waals surface area contributed by atoms with Gasteiger partial charge >= 0.3 is 0 Å². The molecule has 0 aromatic carbocycles. The molecule has 1 aliphatic carbocycles. The second-order valence-corrected chi connectivity index (χ2v) is 6.40. The average Bonchev–Trinajstić information content (AvgIpc) is 3.05. The third kappa shape index (κ3) is 9.10. The lowest BCUT2D eigenvalue weighted by Gasteiger charge is -2.24. The zero-order chi connectivity index (χ0) is 15.5. The van der Waals surface area contributed by atoms with Crippen molar-refractivity contribution in [2.24, 2.45) is 10.9 Å². The van der Waals surface area contributed by atoms with Gasteiger partial charge in [-0.2, -0.15) is 0 Å². The maximum atomic E-state index is 5.72. The number of aliphatic imine (C=N–C) groups is 1. The molecular formula is C17H34IN3O2. The van der Waals surface area contributed by atoms with Crippen LogP contribution >= 0.6 is 24.0 Å². The normalized spacial score (nSPS) is 22.7. The zero-order valence-electron chi connectivity index (χ0n) is 14.5. The van der Waals surface area contributed by atoms with Crippen molar-refractivity contribution in [3.05, 3.63) is 0 Å². The van der Waals surface area contributed by atoms with Crippen LogP contribution in [0.5, 0.6) is 0 Å². The third-order valence-electron chi connectivity index (χ3n) is 4.38. The molecule has 0 aromatic heterocycles. The number of guanidine groups is 1. The first-order valence-corrected chi connectivity index (χ1v) is 9.09. The highest BCUT2D eigenvalue weighted by Crippen LogP contribution is 2.17. The van der Waals surface area contributed by atoms with E-state index in [2.05, 4.69) is 22.5 Å². The van der Waals surface area contributed by atoms with E-state index in [0.717, 1.165) is 58.3 Å². The SMILES string of the molecule is CCNC(=NCCCOCC1CCOC1)NC1CCCCC1.I. The van der Waals surface area contributed by atoms with Crippen molar-refractivity contribution < 1.29 is 9.47 Å². The summed E-state index contributed by atoms with van der Waals surface area (Å²) in [5, 5.41) is 6.92. The van der Waals surface area contributed by atoms with Gasteiger partial charge in [0.05, 0.1) is 13.2 Å². The largest absolute Gasteiger partial charge is 0.381 e. The van der Waals surface area contributed by atoms with Crippen LogP contribution in [0.1, 0.15) is 51.9 Å². The van der Waals surface area contributed by atoms with E-state index in [1.54, 1.807) is 0 Å². The van der Waals surface area contributed by atoms with Crippen molar-refractivity contribution in [1.29, 1.82) is 0 Å². The van der Waals surface area contributed by atoms with Crippen LogP contribution in [-0.2, 0) is 9.47 Å². The van der Waals surface area contributed by atoms with Gasteiger partial charge in [0.1, 0.15) is 0 Å². The van der Waals surface area contributed by atoms with Crippen LogP contribution in [0.15, 0.2) is 4.99 Å². The molecule has 6 heteroatoms.